The summed E-state index contributed by atoms with van der Waals surface area (Å²) in [5.74, 6) is -0.243. The van der Waals surface area contributed by atoms with Crippen molar-refractivity contribution in [1.82, 2.24) is 30.2 Å². The lowest BCUT2D eigenvalue weighted by Crippen LogP contribution is -2.52. The number of benzene rings is 1. The van der Waals surface area contributed by atoms with Crippen molar-refractivity contribution in [1.29, 1.82) is 0 Å². The number of imide groups is 1. The van der Waals surface area contributed by atoms with Crippen LogP contribution in [0.2, 0.25) is 0 Å². The Morgan fingerprint density at radius 3 is 2.22 bits per heavy atom. The minimum atomic E-state index is -1.03. The van der Waals surface area contributed by atoms with Gasteiger partial charge in [-0.05, 0) is 75.9 Å². The quantitative estimate of drug-likeness (QED) is 0.226. The molecule has 11 nitrogen and oxygen atoms in total. The molecule has 11 heteroatoms. The lowest BCUT2D eigenvalue weighted by Gasteiger charge is -2.40. The summed E-state index contributed by atoms with van der Waals surface area (Å²) in [6.07, 6.45) is 7.07. The maximum atomic E-state index is 13.3. The number of hydrogen-bond donors (Lipinski definition) is 2. The fourth-order valence-electron chi connectivity index (χ4n) is 6.71. The van der Waals surface area contributed by atoms with Gasteiger partial charge in [-0.3, -0.25) is 29.1 Å². The van der Waals surface area contributed by atoms with Gasteiger partial charge in [0.15, 0.2) is 0 Å². The second kappa shape index (κ2) is 23.1. The molecular formula is C38H63N7O4. The normalized spacial score (nSPS) is 19.6. The van der Waals surface area contributed by atoms with E-state index < -0.39 is 17.9 Å². The van der Waals surface area contributed by atoms with Crippen LogP contribution in [0, 0.1) is 12.8 Å². The average Bonchev–Trinajstić information content (AvgIpc) is 3.14. The maximum Gasteiger partial charge on any atom is 0.261 e. The highest BCUT2D eigenvalue weighted by atomic mass is 16.2. The van der Waals surface area contributed by atoms with Gasteiger partial charge in [0.25, 0.3) is 5.91 Å². The molecule has 2 N–H and O–H groups in total. The number of aryl methyl sites for hydroxylation is 1. The van der Waals surface area contributed by atoms with Crippen molar-refractivity contribution in [3.05, 3.63) is 54.6 Å². The molecule has 0 aromatic heterocycles. The second-order valence-electron chi connectivity index (χ2n) is 12.8. The molecule has 4 rings (SSSR count). The van der Waals surface area contributed by atoms with Gasteiger partial charge in [0.2, 0.25) is 12.3 Å². The van der Waals surface area contributed by atoms with Gasteiger partial charge in [-0.2, -0.15) is 0 Å². The van der Waals surface area contributed by atoms with Crippen molar-refractivity contribution in [2.24, 2.45) is 5.92 Å². The summed E-state index contributed by atoms with van der Waals surface area (Å²) < 4.78 is 0. The number of nitrogens with zero attached hydrogens (tertiary/aromatic N) is 5. The first-order chi connectivity index (χ1) is 23.8. The number of amides is 3. The molecule has 0 bridgehead atoms. The van der Waals surface area contributed by atoms with Gasteiger partial charge in [-0.15, -0.1) is 0 Å². The van der Waals surface area contributed by atoms with E-state index in [0.717, 1.165) is 67.9 Å². The summed E-state index contributed by atoms with van der Waals surface area (Å²) >= 11 is 0. The predicted octanol–water partition coefficient (Wildman–Crippen LogP) is 3.20. The molecule has 274 valence electrons. The van der Waals surface area contributed by atoms with Gasteiger partial charge >= 0.3 is 0 Å². The Morgan fingerprint density at radius 2 is 1.67 bits per heavy atom. The van der Waals surface area contributed by atoms with E-state index in [-0.39, 0.29) is 12.8 Å². The molecule has 3 heterocycles. The largest absolute Gasteiger partial charge is 0.369 e. The van der Waals surface area contributed by atoms with E-state index in [9.17, 15) is 19.2 Å². The number of piperazine rings is 2. The van der Waals surface area contributed by atoms with E-state index in [0.29, 0.717) is 24.3 Å². The number of likely N-dealkylation sites (N-methyl/N-ethyl adjacent to an activating group) is 1. The lowest BCUT2D eigenvalue weighted by molar-refractivity contribution is -0.131. The highest BCUT2D eigenvalue weighted by Gasteiger charge is 2.31. The molecular weight excluding hydrogens is 618 g/mol. The molecule has 3 fully saturated rings. The zero-order valence-corrected chi connectivity index (χ0v) is 30.9. The van der Waals surface area contributed by atoms with E-state index >= 15 is 0 Å². The fraction of sp³-hybridized carbons (Fsp3) is 0.632. The van der Waals surface area contributed by atoms with Crippen molar-refractivity contribution >= 4 is 30.2 Å². The average molecular weight is 682 g/mol. The van der Waals surface area contributed by atoms with Gasteiger partial charge < -0.3 is 25.2 Å². The van der Waals surface area contributed by atoms with E-state index in [4.69, 9.17) is 0 Å². The van der Waals surface area contributed by atoms with E-state index in [2.05, 4.69) is 50.3 Å². The molecule has 0 saturated carbocycles. The summed E-state index contributed by atoms with van der Waals surface area (Å²) in [7, 11) is 1.45. The second-order valence-corrected chi connectivity index (χ2v) is 12.8. The lowest BCUT2D eigenvalue weighted by atomic mass is 9.96. The summed E-state index contributed by atoms with van der Waals surface area (Å²) in [4.78, 5) is 59.5. The Bertz CT molecular complexity index is 1170. The Labute approximate surface area is 295 Å². The third-order valence-corrected chi connectivity index (χ3v) is 9.70. The van der Waals surface area contributed by atoms with E-state index in [1.807, 2.05) is 32.9 Å². The number of aldehydes is 1. The topological polar surface area (TPSA) is 109 Å². The molecule has 3 amide bonds. The molecule has 1 aromatic carbocycles. The number of carbonyl (C=O) groups excluding carboxylic acids is 4. The van der Waals surface area contributed by atoms with Gasteiger partial charge in [-0.25, -0.2) is 0 Å². The van der Waals surface area contributed by atoms with Crippen LogP contribution in [0.1, 0.15) is 62.4 Å². The summed E-state index contributed by atoms with van der Waals surface area (Å²) in [5.41, 5.74) is 2.19. The minimum Gasteiger partial charge on any atom is -0.369 e. The van der Waals surface area contributed by atoms with Crippen LogP contribution in [0.5, 0.6) is 0 Å². The van der Waals surface area contributed by atoms with Crippen LogP contribution in [0.15, 0.2) is 43.5 Å². The smallest absolute Gasteiger partial charge is 0.261 e. The first kappa shape index (κ1) is 41.8. The number of anilines is 1. The monoisotopic (exact) mass is 681 g/mol. The van der Waals surface area contributed by atoms with Crippen LogP contribution in [0.3, 0.4) is 0 Å². The minimum absolute atomic E-state index is 0.0787. The zero-order valence-electron chi connectivity index (χ0n) is 30.9. The molecule has 0 radical (unpaired) electrons. The number of rotatable bonds is 14. The fourth-order valence-corrected chi connectivity index (χ4v) is 6.71. The van der Waals surface area contributed by atoms with Crippen molar-refractivity contribution in [2.75, 3.05) is 90.5 Å². The molecule has 0 aliphatic carbocycles. The number of piperidine rings is 1. The summed E-state index contributed by atoms with van der Waals surface area (Å²) in [6, 6.07) is 5.27. The van der Waals surface area contributed by atoms with Gasteiger partial charge in [-0.1, -0.05) is 39.2 Å². The zero-order chi connectivity index (χ0) is 36.2. The number of likely N-dealkylation sites (tertiary alicyclic amines) is 1. The highest BCUT2D eigenvalue weighted by Crippen LogP contribution is 2.24. The number of nitrogens with one attached hydrogen (secondary N) is 2. The number of allylic oxidation sites excluding steroid dienone is 2. The van der Waals surface area contributed by atoms with Crippen LogP contribution < -0.4 is 15.5 Å². The Balaban J connectivity index is 0.00000129. The molecule has 1 aromatic rings. The Hall–Kier alpha value is -3.38. The van der Waals surface area contributed by atoms with Crippen LogP contribution in [-0.2, 0) is 14.4 Å². The third kappa shape index (κ3) is 13.1. The first-order valence-electron chi connectivity index (χ1n) is 18.2. The molecule has 2 unspecified atom stereocenters. The molecule has 3 aliphatic rings. The standard InChI is InChI=1S/C32H51N7O4.C4H6.C2H6/c1-25-21-28(6-7-29(25)32(43)39(24-41)30(5-4-20-40)31(42)33-3)38-18-15-36(16-19-38)23-27-8-11-35(12-9-27)14-17-37-13-10-34-22-26(37)2;1-3-4-2;1-2/h6-7,20-21,24,26-27,30,34H,4-5,8-19,22-23H2,1-3H3,(H,33,42);3-4H,1-2H2;1-2H3. The number of carbonyl (C=O) groups is 4. The third-order valence-electron chi connectivity index (χ3n) is 9.70. The summed E-state index contributed by atoms with van der Waals surface area (Å²) in [5, 5.41) is 5.97. The van der Waals surface area contributed by atoms with Crippen molar-refractivity contribution in [3.8, 4) is 0 Å². The SMILES string of the molecule is C=CC=C.CC.CNC(=O)C(CCC=O)N(C=O)C(=O)c1ccc(N2CCN(CC3CCN(CCN4CCNCC4C)CC3)CC2)cc1C. The Kier molecular flexibility index (Phi) is 19.7. The van der Waals surface area contributed by atoms with Gasteiger partial charge in [0.1, 0.15) is 12.3 Å². The van der Waals surface area contributed by atoms with Gasteiger partial charge in [0, 0.05) is 96.2 Å². The summed E-state index contributed by atoms with van der Waals surface area (Å²) in [6.45, 7) is 28.1. The van der Waals surface area contributed by atoms with Crippen LogP contribution in [0.4, 0.5) is 5.69 Å². The van der Waals surface area contributed by atoms with Crippen LogP contribution >= 0.6 is 0 Å². The van der Waals surface area contributed by atoms with Gasteiger partial charge in [0.05, 0.1) is 0 Å². The molecule has 3 aliphatic heterocycles. The maximum absolute atomic E-state index is 13.3. The Morgan fingerprint density at radius 1 is 1.00 bits per heavy atom. The van der Waals surface area contributed by atoms with Crippen LogP contribution in [-0.4, -0.2) is 142 Å². The van der Waals surface area contributed by atoms with Crippen molar-refractivity contribution in [3.63, 3.8) is 0 Å². The van der Waals surface area contributed by atoms with E-state index in [1.165, 1.54) is 52.6 Å². The first-order valence-corrected chi connectivity index (χ1v) is 18.2. The van der Waals surface area contributed by atoms with Crippen molar-refractivity contribution in [2.45, 2.75) is 65.5 Å². The van der Waals surface area contributed by atoms with Crippen LogP contribution in [0.25, 0.3) is 0 Å². The molecule has 3 saturated heterocycles. The molecule has 2 atom stereocenters. The predicted molar refractivity (Wildman–Crippen MR) is 200 cm³/mol. The van der Waals surface area contributed by atoms with Crippen molar-refractivity contribution < 1.29 is 19.2 Å². The molecule has 0 spiro atoms. The highest BCUT2D eigenvalue weighted by molar-refractivity contribution is 6.04. The van der Waals surface area contributed by atoms with E-state index in [1.54, 1.807) is 18.2 Å². The number of hydrogen-bond acceptors (Lipinski definition) is 9. The molecule has 49 heavy (non-hydrogen) atoms.